The molecule has 8 amide bonds. The first-order valence-corrected chi connectivity index (χ1v) is 26.9. The van der Waals surface area contributed by atoms with Crippen molar-refractivity contribution in [1.82, 2.24) is 56.7 Å². The van der Waals surface area contributed by atoms with Crippen LogP contribution in [-0.4, -0.2) is 146 Å². The molecule has 0 saturated carbocycles. The van der Waals surface area contributed by atoms with E-state index in [-0.39, 0.29) is 68.7 Å². The number of H-pyrrole nitrogens is 2. The maximum absolute atomic E-state index is 14.6. The molecule has 416 valence electrons. The highest BCUT2D eigenvalue weighted by Crippen LogP contribution is 2.24. The lowest BCUT2D eigenvalue weighted by atomic mass is 9.98. The van der Waals surface area contributed by atoms with Crippen molar-refractivity contribution >= 4 is 63.9 Å². The number of hydrogen-bond acceptors (Lipinski definition) is 11. The second-order valence-corrected chi connectivity index (χ2v) is 21.7. The molecule has 0 bridgehead atoms. The van der Waals surface area contributed by atoms with E-state index in [0.717, 1.165) is 16.5 Å². The molecule has 6 rings (SSSR count). The van der Waals surface area contributed by atoms with Crippen molar-refractivity contribution in [3.8, 4) is 0 Å². The highest BCUT2D eigenvalue weighted by molar-refractivity contribution is 5.98. The van der Waals surface area contributed by atoms with Crippen LogP contribution in [0.15, 0.2) is 73.2 Å². The van der Waals surface area contributed by atoms with Gasteiger partial charge in [-0.15, -0.1) is 0 Å². The number of nitrogens with one attached hydrogen (secondary N) is 8. The van der Waals surface area contributed by atoms with Gasteiger partial charge in [-0.05, 0) is 92.7 Å². The molecule has 0 radical (unpaired) electrons. The predicted octanol–water partition coefficient (Wildman–Crippen LogP) is 2.11. The largest absolute Gasteiger partial charge is 0.358 e. The molecule has 2 aliphatic rings. The lowest BCUT2D eigenvalue weighted by Crippen LogP contribution is -2.59. The Morgan fingerprint density at radius 2 is 1.23 bits per heavy atom. The van der Waals surface area contributed by atoms with E-state index in [4.69, 9.17) is 5.73 Å². The second kappa shape index (κ2) is 27.6. The summed E-state index contributed by atoms with van der Waals surface area (Å²) in [5.41, 5.74) is 9.14. The Bertz CT molecular complexity index is 2660. The van der Waals surface area contributed by atoms with Gasteiger partial charge in [-0.1, -0.05) is 90.1 Å². The summed E-state index contributed by atoms with van der Waals surface area (Å²) in [6.45, 7) is 12.5. The van der Waals surface area contributed by atoms with Crippen LogP contribution in [0.5, 0.6) is 0 Å². The third-order valence-corrected chi connectivity index (χ3v) is 14.1. The maximum atomic E-state index is 14.6. The Morgan fingerprint density at radius 1 is 0.649 bits per heavy atom. The van der Waals surface area contributed by atoms with Crippen molar-refractivity contribution in [1.29, 1.82) is 0 Å². The summed E-state index contributed by atoms with van der Waals surface area (Å²) < 4.78 is 0. The lowest BCUT2D eigenvalue weighted by molar-refractivity contribution is -0.144. The van der Waals surface area contributed by atoms with Gasteiger partial charge in [-0.2, -0.15) is 0 Å². The number of aromatic nitrogens is 3. The number of aromatic amines is 2. The van der Waals surface area contributed by atoms with Crippen molar-refractivity contribution in [2.75, 3.05) is 19.6 Å². The number of para-hydroxylation sites is 1. The quantitative estimate of drug-likeness (QED) is 0.0439. The Hall–Kier alpha value is -7.42. The number of hydrogen-bond donors (Lipinski definition) is 9. The average Bonchev–Trinajstić information content (AvgIpc) is 4.25. The molecule has 4 aromatic rings. The number of likely N-dealkylation sites (tertiary alicyclic amines) is 2. The summed E-state index contributed by atoms with van der Waals surface area (Å²) in [5, 5.41) is 17.6. The van der Waals surface area contributed by atoms with Gasteiger partial charge >= 0.3 is 0 Å². The predicted molar refractivity (Wildman–Crippen MR) is 289 cm³/mol. The first-order chi connectivity index (χ1) is 36.7. The number of imidazole rings is 1. The minimum Gasteiger partial charge on any atom is -0.358 e. The monoisotopic (exact) mass is 1060 g/mol. The molecule has 2 aromatic carbocycles. The smallest absolute Gasteiger partial charge is 0.246 e. The van der Waals surface area contributed by atoms with Crippen molar-refractivity contribution in [3.05, 3.63) is 90.1 Å². The number of nitrogens with zero attached hydrogens (tertiary/aromatic N) is 3. The Kier molecular flexibility index (Phi) is 21.1. The molecule has 0 aliphatic carbocycles. The molecule has 8 unspecified atom stereocenters. The van der Waals surface area contributed by atoms with Crippen LogP contribution in [0.4, 0.5) is 0 Å². The van der Waals surface area contributed by atoms with E-state index in [9.17, 15) is 43.2 Å². The molecule has 2 aliphatic heterocycles. The zero-order valence-electron chi connectivity index (χ0n) is 45.4. The van der Waals surface area contributed by atoms with Gasteiger partial charge in [0.1, 0.15) is 36.3 Å². The van der Waals surface area contributed by atoms with Crippen LogP contribution in [0.25, 0.3) is 10.9 Å². The van der Waals surface area contributed by atoms with E-state index < -0.39 is 102 Å². The number of benzene rings is 2. The molecule has 2 saturated heterocycles. The Morgan fingerprint density at radius 3 is 1.84 bits per heavy atom. The minimum atomic E-state index is -1.21. The van der Waals surface area contributed by atoms with Gasteiger partial charge in [0.05, 0.1) is 25.0 Å². The summed E-state index contributed by atoms with van der Waals surface area (Å²) in [6.07, 6.45) is 5.30. The number of carbonyl (C=O) groups is 9. The normalized spacial score (nSPS) is 17.8. The topological polar surface area (TPSA) is 303 Å². The van der Waals surface area contributed by atoms with Crippen LogP contribution in [-0.2, 0) is 62.4 Å². The SMILES string of the molecule is CC(=O)C(NC(=O)C(CC(C)C)NC(=O)C(Cc1cc2ccccc2[nH]1)NC(=O)CNC(=O)C1CCCN1C(=O)C(Cc1cnc[nH]1)NC(=O)C1CCCN1C(=O)C(CC(C)C)NC(=O)C(N)Cc1ccccc1)C(C)C. The molecule has 2 aromatic heterocycles. The fourth-order valence-electron chi connectivity index (χ4n) is 10.2. The number of amides is 8. The summed E-state index contributed by atoms with van der Waals surface area (Å²) in [7, 11) is 0. The minimum absolute atomic E-state index is 0.00160. The molecular weight excluding hydrogens is 985 g/mol. The van der Waals surface area contributed by atoms with E-state index in [0.29, 0.717) is 37.1 Å². The van der Waals surface area contributed by atoms with Crippen LogP contribution in [0.1, 0.15) is 104 Å². The molecule has 8 atom stereocenters. The first-order valence-electron chi connectivity index (χ1n) is 26.9. The molecule has 4 heterocycles. The maximum Gasteiger partial charge on any atom is 0.246 e. The molecule has 77 heavy (non-hydrogen) atoms. The summed E-state index contributed by atoms with van der Waals surface area (Å²) >= 11 is 0. The van der Waals surface area contributed by atoms with Crippen molar-refractivity contribution < 1.29 is 43.2 Å². The Labute approximate surface area is 450 Å². The number of fused-ring (bicyclic) bond motifs is 1. The van der Waals surface area contributed by atoms with Crippen molar-refractivity contribution in [2.45, 2.75) is 155 Å². The van der Waals surface area contributed by atoms with E-state index in [1.807, 2.05) is 102 Å². The standard InChI is InChI=1S/C56H78N12O9/c1-32(2)23-42(52(73)66-49(34(5)6)35(7)69)63-51(72)43(27-38-26-37-17-11-12-18-41(37)61-38)62-48(70)30-59-53(74)46-19-13-21-67(46)56(77)45(28-39-29-58-31-60-39)65-54(75)47-20-14-22-68(47)55(76)44(24-33(3)4)64-50(71)40(57)25-36-15-9-8-10-16-36/h8-12,15-18,26,29,31-34,40,42-47,49,61H,13-14,19-25,27-28,30,57H2,1-7H3,(H,58,60)(H,59,74)(H,62,70)(H,63,72)(H,64,71)(H,65,75)(H,66,73). The number of Topliss-reactive ketones (excluding diaryl/α,β-unsaturated/α-hetero) is 1. The molecule has 2 fully saturated rings. The number of nitrogens with two attached hydrogens (primary N) is 1. The van der Waals surface area contributed by atoms with Crippen LogP contribution in [0.3, 0.4) is 0 Å². The van der Waals surface area contributed by atoms with Crippen LogP contribution < -0.4 is 37.6 Å². The second-order valence-electron chi connectivity index (χ2n) is 21.7. The van der Waals surface area contributed by atoms with Crippen LogP contribution >= 0.6 is 0 Å². The third-order valence-electron chi connectivity index (χ3n) is 14.1. The van der Waals surface area contributed by atoms with Gasteiger partial charge in [0.15, 0.2) is 5.78 Å². The fraction of sp³-hybridized carbons (Fsp3) is 0.536. The molecule has 0 spiro atoms. The number of carbonyl (C=O) groups excluding carboxylic acids is 9. The lowest BCUT2D eigenvalue weighted by Gasteiger charge is -2.32. The third kappa shape index (κ3) is 16.5. The van der Waals surface area contributed by atoms with Gasteiger partial charge < -0.3 is 57.4 Å². The highest BCUT2D eigenvalue weighted by atomic mass is 16.2. The molecule has 10 N–H and O–H groups in total. The number of rotatable bonds is 26. The van der Waals surface area contributed by atoms with E-state index in [1.165, 1.54) is 29.2 Å². The zero-order valence-corrected chi connectivity index (χ0v) is 45.4. The number of ketones is 1. The fourth-order valence-corrected chi connectivity index (χ4v) is 10.2. The van der Waals surface area contributed by atoms with Gasteiger partial charge in [0, 0.05) is 49.0 Å². The molecule has 21 heteroatoms. The van der Waals surface area contributed by atoms with Crippen molar-refractivity contribution in [3.63, 3.8) is 0 Å². The highest BCUT2D eigenvalue weighted by Gasteiger charge is 2.42. The van der Waals surface area contributed by atoms with E-state index in [2.05, 4.69) is 46.9 Å². The van der Waals surface area contributed by atoms with E-state index in [1.54, 1.807) is 0 Å². The van der Waals surface area contributed by atoms with Crippen LogP contribution in [0, 0.1) is 17.8 Å². The van der Waals surface area contributed by atoms with Gasteiger partial charge in [0.2, 0.25) is 47.3 Å². The summed E-state index contributed by atoms with van der Waals surface area (Å²) in [5.74, 6) is -5.01. The Balaban J connectivity index is 1.12. The van der Waals surface area contributed by atoms with Crippen LogP contribution in [0.2, 0.25) is 0 Å². The average molecular weight is 1060 g/mol. The molecule has 21 nitrogen and oxygen atoms in total. The van der Waals surface area contributed by atoms with Crippen molar-refractivity contribution in [2.24, 2.45) is 23.5 Å². The zero-order chi connectivity index (χ0) is 55.9. The van der Waals surface area contributed by atoms with Gasteiger partial charge in [0.25, 0.3) is 0 Å². The van der Waals surface area contributed by atoms with E-state index >= 15 is 0 Å². The van der Waals surface area contributed by atoms with Gasteiger partial charge in [-0.3, -0.25) is 43.2 Å². The van der Waals surface area contributed by atoms with Gasteiger partial charge in [-0.25, -0.2) is 4.98 Å². The summed E-state index contributed by atoms with van der Waals surface area (Å²) in [6, 6.07) is 10.6. The molecular formula is C56H78N12O9. The first kappa shape index (κ1) is 58.8. The summed E-state index contributed by atoms with van der Waals surface area (Å²) in [4.78, 5) is 138.